The number of nitro groups is 1. The van der Waals surface area contributed by atoms with Gasteiger partial charge in [0.05, 0.1) is 4.92 Å². The fourth-order valence-corrected chi connectivity index (χ4v) is 2.07. The summed E-state index contributed by atoms with van der Waals surface area (Å²) in [7, 11) is 0. The highest BCUT2D eigenvalue weighted by Crippen LogP contribution is 2.37. The SMILES string of the molecule is Cc1cccc([N+](=O)[O-])c1Oc1cccc(F)c1C(C)N. The average Bonchev–Trinajstić information content (AvgIpc) is 2.40. The summed E-state index contributed by atoms with van der Waals surface area (Å²) in [5.74, 6) is -0.226. The van der Waals surface area contributed by atoms with E-state index >= 15 is 0 Å². The minimum atomic E-state index is -0.593. The minimum absolute atomic E-state index is 0.0926. The van der Waals surface area contributed by atoms with Gasteiger partial charge in [-0.3, -0.25) is 10.1 Å². The highest BCUT2D eigenvalue weighted by Gasteiger charge is 2.21. The van der Waals surface area contributed by atoms with Gasteiger partial charge in [0.1, 0.15) is 11.6 Å². The van der Waals surface area contributed by atoms with Crippen LogP contribution in [0.2, 0.25) is 0 Å². The molecular formula is C15H15FN2O3. The normalized spacial score (nSPS) is 12.0. The van der Waals surface area contributed by atoms with Gasteiger partial charge in [-0.15, -0.1) is 0 Å². The maximum atomic E-state index is 13.9. The van der Waals surface area contributed by atoms with Gasteiger partial charge in [0.2, 0.25) is 5.75 Å². The van der Waals surface area contributed by atoms with Crippen LogP contribution in [0, 0.1) is 22.9 Å². The van der Waals surface area contributed by atoms with Crippen molar-refractivity contribution >= 4 is 5.69 Å². The molecule has 0 fully saturated rings. The summed E-state index contributed by atoms with van der Waals surface area (Å²) in [5, 5.41) is 11.1. The van der Waals surface area contributed by atoms with Crippen LogP contribution >= 0.6 is 0 Å². The molecule has 0 radical (unpaired) electrons. The number of hydrogen-bond acceptors (Lipinski definition) is 4. The summed E-state index contributed by atoms with van der Waals surface area (Å²) in [4.78, 5) is 10.5. The lowest BCUT2D eigenvalue weighted by atomic mass is 10.1. The number of nitrogens with two attached hydrogens (primary N) is 1. The number of rotatable bonds is 4. The number of halogens is 1. The van der Waals surface area contributed by atoms with Crippen LogP contribution < -0.4 is 10.5 Å². The Balaban J connectivity index is 2.54. The number of nitro benzene ring substituents is 1. The number of benzene rings is 2. The van der Waals surface area contributed by atoms with Crippen molar-refractivity contribution in [2.75, 3.05) is 0 Å². The zero-order valence-corrected chi connectivity index (χ0v) is 11.7. The maximum absolute atomic E-state index is 13.9. The van der Waals surface area contributed by atoms with Crippen LogP contribution in [0.3, 0.4) is 0 Å². The lowest BCUT2D eigenvalue weighted by molar-refractivity contribution is -0.385. The molecule has 0 aliphatic carbocycles. The lowest BCUT2D eigenvalue weighted by Gasteiger charge is -2.15. The van der Waals surface area contributed by atoms with Crippen molar-refractivity contribution in [3.8, 4) is 11.5 Å². The number of nitrogens with zero attached hydrogens (tertiary/aromatic N) is 1. The van der Waals surface area contributed by atoms with Crippen LogP contribution in [-0.4, -0.2) is 4.92 Å². The third-order valence-electron chi connectivity index (χ3n) is 3.07. The summed E-state index contributed by atoms with van der Waals surface area (Å²) in [6.07, 6.45) is 0. The zero-order valence-electron chi connectivity index (χ0n) is 11.7. The van der Waals surface area contributed by atoms with Crippen LogP contribution in [-0.2, 0) is 0 Å². The van der Waals surface area contributed by atoms with E-state index in [1.807, 2.05) is 0 Å². The van der Waals surface area contributed by atoms with Crippen LogP contribution in [0.15, 0.2) is 36.4 Å². The zero-order chi connectivity index (χ0) is 15.6. The van der Waals surface area contributed by atoms with E-state index in [1.165, 1.54) is 24.3 Å². The second kappa shape index (κ2) is 5.88. The molecule has 6 heteroatoms. The van der Waals surface area contributed by atoms with Crippen LogP contribution in [0.25, 0.3) is 0 Å². The molecular weight excluding hydrogens is 275 g/mol. The molecule has 21 heavy (non-hydrogen) atoms. The molecule has 2 N–H and O–H groups in total. The van der Waals surface area contributed by atoms with Crippen molar-refractivity contribution in [2.24, 2.45) is 5.73 Å². The van der Waals surface area contributed by atoms with Gasteiger partial charge in [-0.25, -0.2) is 4.39 Å². The van der Waals surface area contributed by atoms with E-state index < -0.39 is 16.8 Å². The van der Waals surface area contributed by atoms with Gasteiger partial charge < -0.3 is 10.5 Å². The van der Waals surface area contributed by atoms with E-state index in [0.717, 1.165) is 0 Å². The van der Waals surface area contributed by atoms with Crippen LogP contribution in [0.5, 0.6) is 11.5 Å². The van der Waals surface area contributed by atoms with Crippen LogP contribution in [0.4, 0.5) is 10.1 Å². The third kappa shape index (κ3) is 3.00. The van der Waals surface area contributed by atoms with Crippen molar-refractivity contribution < 1.29 is 14.1 Å². The molecule has 0 aromatic heterocycles. The molecule has 0 spiro atoms. The Labute approximate surface area is 121 Å². The van der Waals surface area contributed by atoms with E-state index in [4.69, 9.17) is 10.5 Å². The smallest absolute Gasteiger partial charge is 0.311 e. The van der Waals surface area contributed by atoms with Gasteiger partial charge >= 0.3 is 5.69 Å². The Hall–Kier alpha value is -2.47. The van der Waals surface area contributed by atoms with E-state index in [1.54, 1.807) is 26.0 Å². The molecule has 0 aliphatic heterocycles. The molecule has 110 valence electrons. The van der Waals surface area contributed by atoms with E-state index in [0.29, 0.717) is 5.56 Å². The highest BCUT2D eigenvalue weighted by molar-refractivity contribution is 5.54. The second-order valence-corrected chi connectivity index (χ2v) is 4.72. The fraction of sp³-hybridized carbons (Fsp3) is 0.200. The maximum Gasteiger partial charge on any atom is 0.311 e. The molecule has 0 heterocycles. The summed E-state index contributed by atoms with van der Waals surface area (Å²) in [5.41, 5.74) is 6.36. The van der Waals surface area contributed by atoms with Gasteiger partial charge in [0.15, 0.2) is 0 Å². The van der Waals surface area contributed by atoms with Gasteiger partial charge in [-0.1, -0.05) is 18.2 Å². The lowest BCUT2D eigenvalue weighted by Crippen LogP contribution is -2.09. The van der Waals surface area contributed by atoms with Crippen molar-refractivity contribution in [3.05, 3.63) is 63.5 Å². The first-order valence-corrected chi connectivity index (χ1v) is 6.37. The fourth-order valence-electron chi connectivity index (χ4n) is 2.07. The Morgan fingerprint density at radius 1 is 1.29 bits per heavy atom. The molecule has 0 amide bonds. The summed E-state index contributed by atoms with van der Waals surface area (Å²) in [6, 6.07) is 8.29. The van der Waals surface area contributed by atoms with E-state index in [-0.39, 0.29) is 22.7 Å². The minimum Gasteiger partial charge on any atom is -0.449 e. The highest BCUT2D eigenvalue weighted by atomic mass is 19.1. The number of aryl methyl sites for hydroxylation is 1. The molecule has 5 nitrogen and oxygen atoms in total. The average molecular weight is 290 g/mol. The molecule has 0 aliphatic rings. The Bertz CT molecular complexity index is 687. The van der Waals surface area contributed by atoms with Gasteiger partial charge in [-0.2, -0.15) is 0 Å². The number of hydrogen-bond donors (Lipinski definition) is 1. The van der Waals surface area contributed by atoms with Gasteiger partial charge in [0, 0.05) is 17.7 Å². The van der Waals surface area contributed by atoms with Crippen LogP contribution in [0.1, 0.15) is 24.1 Å². The summed E-state index contributed by atoms with van der Waals surface area (Å²) < 4.78 is 19.5. The van der Waals surface area contributed by atoms with Crippen molar-refractivity contribution in [2.45, 2.75) is 19.9 Å². The molecule has 2 aromatic rings. The molecule has 0 saturated carbocycles. The van der Waals surface area contributed by atoms with Gasteiger partial charge in [-0.05, 0) is 31.5 Å². The van der Waals surface area contributed by atoms with E-state index in [2.05, 4.69) is 0 Å². The first-order valence-electron chi connectivity index (χ1n) is 6.37. The first-order chi connectivity index (χ1) is 9.91. The van der Waals surface area contributed by atoms with Crippen molar-refractivity contribution in [3.63, 3.8) is 0 Å². The topological polar surface area (TPSA) is 78.4 Å². The molecule has 2 aromatic carbocycles. The Morgan fingerprint density at radius 3 is 2.57 bits per heavy atom. The predicted octanol–water partition coefficient (Wildman–Crippen LogP) is 3.85. The number of ether oxygens (including phenoxy) is 1. The molecule has 1 unspecified atom stereocenters. The largest absolute Gasteiger partial charge is 0.449 e. The quantitative estimate of drug-likeness (QED) is 0.685. The molecule has 0 saturated heterocycles. The summed E-state index contributed by atoms with van der Waals surface area (Å²) in [6.45, 7) is 3.31. The van der Waals surface area contributed by atoms with E-state index in [9.17, 15) is 14.5 Å². The standard InChI is InChI=1S/C15H15FN2O3/c1-9-5-3-7-12(18(19)20)15(9)21-13-8-4-6-11(16)14(13)10(2)17/h3-8,10H,17H2,1-2H3. The monoisotopic (exact) mass is 290 g/mol. The molecule has 1 atom stereocenters. The second-order valence-electron chi connectivity index (χ2n) is 4.72. The third-order valence-corrected chi connectivity index (χ3v) is 3.07. The van der Waals surface area contributed by atoms with Gasteiger partial charge in [0.25, 0.3) is 0 Å². The number of para-hydroxylation sites is 1. The van der Waals surface area contributed by atoms with Crippen molar-refractivity contribution in [1.82, 2.24) is 0 Å². The Kier molecular flexibility index (Phi) is 4.18. The first kappa shape index (κ1) is 14.9. The predicted molar refractivity (Wildman–Crippen MR) is 76.9 cm³/mol. The van der Waals surface area contributed by atoms with Crippen molar-refractivity contribution in [1.29, 1.82) is 0 Å². The summed E-state index contributed by atoms with van der Waals surface area (Å²) >= 11 is 0. The Morgan fingerprint density at radius 2 is 1.95 bits per heavy atom. The molecule has 0 bridgehead atoms. The molecule has 2 rings (SSSR count).